The van der Waals surface area contributed by atoms with E-state index < -0.39 is 0 Å². The van der Waals surface area contributed by atoms with Gasteiger partial charge in [-0.1, -0.05) is 38.9 Å². The Morgan fingerprint density at radius 2 is 1.81 bits per heavy atom. The molecular formula is C12H24N2OS. The molecule has 2 atom stereocenters. The minimum Gasteiger partial charge on any atom is -0.393 e. The average Bonchev–Trinajstić information content (AvgIpc) is 2.15. The van der Waals surface area contributed by atoms with Crippen LogP contribution in [-0.2, 0) is 4.79 Å². The molecule has 0 aliphatic carbocycles. The number of carbonyl (C=O) groups excluding carboxylic acids is 1. The van der Waals surface area contributed by atoms with Crippen molar-refractivity contribution in [3.8, 4) is 0 Å². The van der Waals surface area contributed by atoms with Crippen molar-refractivity contribution in [3.63, 3.8) is 0 Å². The Hall–Kier alpha value is -0.640. The van der Waals surface area contributed by atoms with E-state index in [-0.39, 0.29) is 22.9 Å². The molecule has 16 heavy (non-hydrogen) atoms. The van der Waals surface area contributed by atoms with E-state index in [9.17, 15) is 4.79 Å². The van der Waals surface area contributed by atoms with Gasteiger partial charge < -0.3 is 11.1 Å². The fourth-order valence-electron chi connectivity index (χ4n) is 1.40. The van der Waals surface area contributed by atoms with Crippen molar-refractivity contribution in [2.75, 3.05) is 0 Å². The van der Waals surface area contributed by atoms with Crippen LogP contribution in [0, 0.1) is 11.8 Å². The highest BCUT2D eigenvalue weighted by Crippen LogP contribution is 2.08. The van der Waals surface area contributed by atoms with E-state index in [1.807, 2.05) is 6.92 Å². The lowest BCUT2D eigenvalue weighted by Gasteiger charge is -2.17. The van der Waals surface area contributed by atoms with E-state index in [0.717, 1.165) is 18.8 Å². The third-order valence-corrected chi connectivity index (χ3v) is 2.98. The Balaban J connectivity index is 3.82. The van der Waals surface area contributed by atoms with Crippen LogP contribution < -0.4 is 11.1 Å². The largest absolute Gasteiger partial charge is 0.393 e. The van der Waals surface area contributed by atoms with Gasteiger partial charge in [-0.3, -0.25) is 4.79 Å². The second kappa shape index (κ2) is 7.60. The highest BCUT2D eigenvalue weighted by Gasteiger charge is 2.17. The highest BCUT2D eigenvalue weighted by atomic mass is 32.1. The minimum atomic E-state index is -0.373. The first kappa shape index (κ1) is 15.4. The van der Waals surface area contributed by atoms with Gasteiger partial charge in [-0.05, 0) is 26.2 Å². The summed E-state index contributed by atoms with van der Waals surface area (Å²) in [6.07, 6.45) is 3.35. The number of rotatable bonds is 7. The molecule has 0 saturated heterocycles. The van der Waals surface area contributed by atoms with Gasteiger partial charge in [0, 0.05) is 6.04 Å². The predicted octanol–water partition coefficient (Wildman–Crippen LogP) is 2.24. The van der Waals surface area contributed by atoms with E-state index in [2.05, 4.69) is 19.2 Å². The number of nitrogens with two attached hydrogens (primary N) is 1. The van der Waals surface area contributed by atoms with E-state index in [1.54, 1.807) is 6.92 Å². The van der Waals surface area contributed by atoms with Gasteiger partial charge in [0.2, 0.25) is 5.91 Å². The Morgan fingerprint density at radius 3 is 2.25 bits per heavy atom. The Bertz CT molecular complexity index is 241. The minimum absolute atomic E-state index is 0.0652. The van der Waals surface area contributed by atoms with Crippen LogP contribution in [-0.4, -0.2) is 16.9 Å². The standard InChI is InChI=1S/C12H24N2OS/c1-8(2)6-5-7-9(3)14-12(15)10(4)11(13)16/h8-10H,5-7H2,1-4H3,(H2,13,16)(H,14,15). The molecule has 0 aliphatic heterocycles. The lowest BCUT2D eigenvalue weighted by Crippen LogP contribution is -2.40. The lowest BCUT2D eigenvalue weighted by atomic mass is 10.0. The summed E-state index contributed by atoms with van der Waals surface area (Å²) in [4.78, 5) is 11.9. The van der Waals surface area contributed by atoms with Crippen LogP contribution in [0.15, 0.2) is 0 Å². The van der Waals surface area contributed by atoms with E-state index in [1.165, 1.54) is 6.42 Å². The first-order valence-corrected chi connectivity index (χ1v) is 6.35. The Labute approximate surface area is 104 Å². The molecule has 94 valence electrons. The number of thiocarbonyl (C=S) groups is 1. The van der Waals surface area contributed by atoms with Crippen molar-refractivity contribution in [1.82, 2.24) is 5.32 Å². The van der Waals surface area contributed by atoms with Crippen molar-refractivity contribution in [1.29, 1.82) is 0 Å². The average molecular weight is 244 g/mol. The normalized spacial score (nSPS) is 14.6. The summed E-state index contributed by atoms with van der Waals surface area (Å²) >= 11 is 4.79. The number of nitrogens with one attached hydrogen (secondary N) is 1. The number of hydrogen-bond acceptors (Lipinski definition) is 2. The molecule has 0 aliphatic rings. The van der Waals surface area contributed by atoms with E-state index in [0.29, 0.717) is 0 Å². The van der Waals surface area contributed by atoms with E-state index in [4.69, 9.17) is 18.0 Å². The number of carbonyl (C=O) groups is 1. The van der Waals surface area contributed by atoms with Crippen LogP contribution in [0.1, 0.15) is 47.0 Å². The molecule has 0 aromatic carbocycles. The first-order chi connectivity index (χ1) is 7.34. The van der Waals surface area contributed by atoms with Gasteiger partial charge in [0.05, 0.1) is 10.9 Å². The molecule has 3 nitrogen and oxygen atoms in total. The predicted molar refractivity (Wildman–Crippen MR) is 72.2 cm³/mol. The summed E-state index contributed by atoms with van der Waals surface area (Å²) in [6.45, 7) is 8.17. The van der Waals surface area contributed by atoms with Gasteiger partial charge in [0.15, 0.2) is 0 Å². The molecule has 0 saturated carbocycles. The fraction of sp³-hybridized carbons (Fsp3) is 0.833. The quantitative estimate of drug-likeness (QED) is 0.675. The fourth-order valence-corrected chi connectivity index (χ4v) is 1.51. The third kappa shape index (κ3) is 6.77. The van der Waals surface area contributed by atoms with Gasteiger partial charge in [0.25, 0.3) is 0 Å². The summed E-state index contributed by atoms with van der Waals surface area (Å²) < 4.78 is 0. The summed E-state index contributed by atoms with van der Waals surface area (Å²) in [5.74, 6) is 0.283. The molecule has 0 rings (SSSR count). The third-order valence-electron chi connectivity index (χ3n) is 2.63. The van der Waals surface area contributed by atoms with Crippen molar-refractivity contribution in [2.45, 2.75) is 53.0 Å². The maximum atomic E-state index is 11.6. The SMILES string of the molecule is CC(C)CCCC(C)NC(=O)C(C)C(N)=S. The van der Waals surface area contributed by atoms with Crippen LogP contribution in [0.4, 0.5) is 0 Å². The highest BCUT2D eigenvalue weighted by molar-refractivity contribution is 7.80. The molecule has 0 heterocycles. The Kier molecular flexibility index (Phi) is 7.30. The van der Waals surface area contributed by atoms with Gasteiger partial charge in [-0.15, -0.1) is 0 Å². The van der Waals surface area contributed by atoms with Gasteiger partial charge >= 0.3 is 0 Å². The van der Waals surface area contributed by atoms with Crippen molar-refractivity contribution < 1.29 is 4.79 Å². The molecule has 0 spiro atoms. The van der Waals surface area contributed by atoms with Crippen LogP contribution in [0.25, 0.3) is 0 Å². The molecule has 0 aromatic rings. The van der Waals surface area contributed by atoms with Crippen LogP contribution >= 0.6 is 12.2 Å². The van der Waals surface area contributed by atoms with E-state index >= 15 is 0 Å². The smallest absolute Gasteiger partial charge is 0.229 e. The number of hydrogen-bond donors (Lipinski definition) is 2. The van der Waals surface area contributed by atoms with Crippen molar-refractivity contribution in [2.24, 2.45) is 17.6 Å². The molecule has 0 bridgehead atoms. The summed E-state index contributed by atoms with van der Waals surface area (Å²) in [5, 5.41) is 2.93. The van der Waals surface area contributed by atoms with Crippen LogP contribution in [0.5, 0.6) is 0 Å². The van der Waals surface area contributed by atoms with Crippen LogP contribution in [0.3, 0.4) is 0 Å². The molecule has 4 heteroatoms. The molecule has 0 aromatic heterocycles. The molecule has 0 radical (unpaired) electrons. The lowest BCUT2D eigenvalue weighted by molar-refractivity contribution is -0.123. The zero-order chi connectivity index (χ0) is 12.7. The zero-order valence-corrected chi connectivity index (χ0v) is 11.6. The van der Waals surface area contributed by atoms with Crippen molar-refractivity contribution >= 4 is 23.1 Å². The molecule has 0 fully saturated rings. The molecule has 3 N–H and O–H groups in total. The number of amides is 1. The summed E-state index contributed by atoms with van der Waals surface area (Å²) in [6, 6.07) is 0.197. The maximum absolute atomic E-state index is 11.6. The Morgan fingerprint density at radius 1 is 1.25 bits per heavy atom. The molecule has 2 unspecified atom stereocenters. The zero-order valence-electron chi connectivity index (χ0n) is 10.7. The van der Waals surface area contributed by atoms with Crippen LogP contribution in [0.2, 0.25) is 0 Å². The monoisotopic (exact) mass is 244 g/mol. The topological polar surface area (TPSA) is 55.1 Å². The second-order valence-corrected chi connectivity index (χ2v) is 5.33. The summed E-state index contributed by atoms with van der Waals surface area (Å²) in [5.41, 5.74) is 5.42. The van der Waals surface area contributed by atoms with Gasteiger partial charge in [-0.25, -0.2) is 0 Å². The van der Waals surface area contributed by atoms with Gasteiger partial charge in [-0.2, -0.15) is 0 Å². The summed E-state index contributed by atoms with van der Waals surface area (Å²) in [7, 11) is 0. The maximum Gasteiger partial charge on any atom is 0.229 e. The second-order valence-electron chi connectivity index (χ2n) is 4.86. The van der Waals surface area contributed by atoms with Crippen molar-refractivity contribution in [3.05, 3.63) is 0 Å². The van der Waals surface area contributed by atoms with Gasteiger partial charge in [0.1, 0.15) is 0 Å². The molecular weight excluding hydrogens is 220 g/mol. The molecule has 1 amide bonds. The first-order valence-electron chi connectivity index (χ1n) is 5.94.